The normalized spacial score (nSPS) is 14.4. The van der Waals surface area contributed by atoms with E-state index in [-0.39, 0.29) is 0 Å². The molecule has 1 atom stereocenters. The number of hydrogen-bond donors (Lipinski definition) is 2. The average molecular weight is 264 g/mol. The lowest BCUT2D eigenvalue weighted by atomic mass is 9.91. The predicted molar refractivity (Wildman–Crippen MR) is 77.4 cm³/mol. The summed E-state index contributed by atoms with van der Waals surface area (Å²) in [6.07, 6.45) is 0.956. The van der Waals surface area contributed by atoms with Crippen molar-refractivity contribution in [2.45, 2.75) is 25.8 Å². The van der Waals surface area contributed by atoms with Crippen LogP contribution in [0.1, 0.15) is 25.0 Å². The predicted octanol–water partition coefficient (Wildman–Crippen LogP) is 1.70. The molecule has 1 aromatic rings. The third-order valence-corrected chi connectivity index (χ3v) is 3.40. The van der Waals surface area contributed by atoms with Gasteiger partial charge in [0.1, 0.15) is 5.54 Å². The lowest BCUT2D eigenvalue weighted by molar-refractivity contribution is -0.144. The number of benzene rings is 1. The van der Waals surface area contributed by atoms with Crippen LogP contribution < -0.4 is 5.32 Å². The molecule has 4 nitrogen and oxygen atoms in total. The van der Waals surface area contributed by atoms with Crippen LogP contribution in [0.4, 0.5) is 0 Å². The fourth-order valence-corrected chi connectivity index (χ4v) is 1.90. The van der Waals surface area contributed by atoms with Crippen molar-refractivity contribution in [3.63, 3.8) is 0 Å². The van der Waals surface area contributed by atoms with Gasteiger partial charge in [-0.05, 0) is 38.6 Å². The van der Waals surface area contributed by atoms with Crippen molar-refractivity contribution < 1.29 is 9.90 Å². The van der Waals surface area contributed by atoms with Crippen LogP contribution in [0, 0.1) is 0 Å². The van der Waals surface area contributed by atoms with Crippen LogP contribution in [0.2, 0.25) is 0 Å². The molecule has 0 aromatic heterocycles. The van der Waals surface area contributed by atoms with E-state index in [1.54, 1.807) is 6.92 Å². The molecule has 0 aliphatic rings. The fourth-order valence-electron chi connectivity index (χ4n) is 1.90. The van der Waals surface area contributed by atoms with Gasteiger partial charge in [0.15, 0.2) is 0 Å². The van der Waals surface area contributed by atoms with Crippen molar-refractivity contribution in [1.29, 1.82) is 0 Å². The van der Waals surface area contributed by atoms with Crippen molar-refractivity contribution in [2.24, 2.45) is 0 Å². The first-order valence-electron chi connectivity index (χ1n) is 6.62. The number of aliphatic carboxylic acids is 1. The molecule has 0 aliphatic heterocycles. The molecule has 4 heteroatoms. The summed E-state index contributed by atoms with van der Waals surface area (Å²) in [5.41, 5.74) is 0.961. The Morgan fingerprint density at radius 2 is 1.89 bits per heavy atom. The zero-order chi connectivity index (χ0) is 14.5. The number of rotatable bonds is 7. The molecular weight excluding hydrogens is 240 g/mol. The van der Waals surface area contributed by atoms with E-state index in [0.29, 0.717) is 6.54 Å². The molecule has 2 N–H and O–H groups in total. The van der Waals surface area contributed by atoms with Gasteiger partial charge in [-0.3, -0.25) is 5.32 Å². The molecule has 0 heterocycles. The number of nitrogens with zero attached hydrogens (tertiary/aromatic N) is 1. The Morgan fingerprint density at radius 3 is 2.32 bits per heavy atom. The van der Waals surface area contributed by atoms with E-state index in [2.05, 4.69) is 12.2 Å². The summed E-state index contributed by atoms with van der Waals surface area (Å²) in [5.74, 6) is -0.851. The highest BCUT2D eigenvalue weighted by Crippen LogP contribution is 2.21. The monoisotopic (exact) mass is 264 g/mol. The molecule has 0 amide bonds. The van der Waals surface area contributed by atoms with Crippen molar-refractivity contribution in [2.75, 3.05) is 27.2 Å². The first kappa shape index (κ1) is 15.7. The van der Waals surface area contributed by atoms with E-state index in [1.807, 2.05) is 43.3 Å². The molecule has 0 fully saturated rings. The van der Waals surface area contributed by atoms with Gasteiger partial charge in [-0.15, -0.1) is 0 Å². The van der Waals surface area contributed by atoms with Gasteiger partial charge in [-0.25, -0.2) is 4.79 Å². The summed E-state index contributed by atoms with van der Waals surface area (Å²) in [7, 11) is 3.94. The van der Waals surface area contributed by atoms with E-state index >= 15 is 0 Å². The number of carbonyl (C=O) groups is 1. The molecule has 0 radical (unpaired) electrons. The highest BCUT2D eigenvalue weighted by molar-refractivity contribution is 5.80. The van der Waals surface area contributed by atoms with Gasteiger partial charge in [0.05, 0.1) is 0 Å². The summed E-state index contributed by atoms with van der Waals surface area (Å²) in [6, 6.07) is 7.78. The largest absolute Gasteiger partial charge is 0.480 e. The summed E-state index contributed by atoms with van der Waals surface area (Å²) in [6.45, 7) is 5.23. The van der Waals surface area contributed by atoms with Crippen LogP contribution in [0.5, 0.6) is 0 Å². The standard InChI is InChI=1S/C15H24N2O2/c1-5-12-6-8-13(9-7-12)15(2,14(18)19)16-10-11-17(3)4/h6-9,16H,5,10-11H2,1-4H3,(H,18,19). The number of hydrogen-bond acceptors (Lipinski definition) is 3. The molecule has 0 saturated carbocycles. The van der Waals surface area contributed by atoms with Crippen LogP contribution in [-0.2, 0) is 16.8 Å². The maximum absolute atomic E-state index is 11.6. The molecule has 1 aromatic carbocycles. The van der Waals surface area contributed by atoms with E-state index in [9.17, 15) is 9.90 Å². The van der Waals surface area contributed by atoms with Gasteiger partial charge in [0.2, 0.25) is 0 Å². The maximum Gasteiger partial charge on any atom is 0.328 e. The third kappa shape index (κ3) is 4.04. The SMILES string of the molecule is CCc1ccc(C(C)(NCCN(C)C)C(=O)O)cc1. The molecule has 1 rings (SSSR count). The van der Waals surface area contributed by atoms with Crippen LogP contribution >= 0.6 is 0 Å². The number of aryl methyl sites for hydroxylation is 1. The highest BCUT2D eigenvalue weighted by atomic mass is 16.4. The summed E-state index contributed by atoms with van der Waals surface area (Å²) < 4.78 is 0. The van der Waals surface area contributed by atoms with Gasteiger partial charge >= 0.3 is 5.97 Å². The molecule has 19 heavy (non-hydrogen) atoms. The molecule has 0 spiro atoms. The van der Waals surface area contributed by atoms with E-state index < -0.39 is 11.5 Å². The fraction of sp³-hybridized carbons (Fsp3) is 0.533. The first-order chi connectivity index (χ1) is 8.90. The summed E-state index contributed by atoms with van der Waals surface area (Å²) in [4.78, 5) is 13.6. The Balaban J connectivity index is 2.87. The lowest BCUT2D eigenvalue weighted by Gasteiger charge is -2.28. The number of carboxylic acid groups (broad SMARTS) is 1. The zero-order valence-electron chi connectivity index (χ0n) is 12.2. The van der Waals surface area contributed by atoms with E-state index in [1.165, 1.54) is 5.56 Å². The van der Waals surface area contributed by atoms with Gasteiger partial charge in [0.25, 0.3) is 0 Å². The van der Waals surface area contributed by atoms with E-state index in [0.717, 1.165) is 18.5 Å². The van der Waals surface area contributed by atoms with Gasteiger partial charge in [-0.2, -0.15) is 0 Å². The second kappa shape index (κ2) is 6.68. The minimum Gasteiger partial charge on any atom is -0.480 e. The second-order valence-corrected chi connectivity index (χ2v) is 5.21. The number of carboxylic acids is 1. The summed E-state index contributed by atoms with van der Waals surface area (Å²) in [5, 5.41) is 12.6. The molecule has 0 bridgehead atoms. The number of likely N-dealkylation sites (N-methyl/N-ethyl adjacent to an activating group) is 1. The Labute approximate surface area is 115 Å². The van der Waals surface area contributed by atoms with Crippen molar-refractivity contribution >= 4 is 5.97 Å². The average Bonchev–Trinajstić information content (AvgIpc) is 2.38. The lowest BCUT2D eigenvalue weighted by Crippen LogP contribution is -2.48. The molecule has 106 valence electrons. The van der Waals surface area contributed by atoms with Crippen LogP contribution in [-0.4, -0.2) is 43.2 Å². The Bertz CT molecular complexity index is 415. The van der Waals surface area contributed by atoms with Crippen molar-refractivity contribution in [3.8, 4) is 0 Å². The van der Waals surface area contributed by atoms with Gasteiger partial charge in [0, 0.05) is 13.1 Å². The zero-order valence-corrected chi connectivity index (χ0v) is 12.2. The van der Waals surface area contributed by atoms with Gasteiger partial charge < -0.3 is 10.0 Å². The Kier molecular flexibility index (Phi) is 5.51. The Morgan fingerprint density at radius 1 is 1.32 bits per heavy atom. The molecule has 0 aliphatic carbocycles. The minimum atomic E-state index is -1.04. The van der Waals surface area contributed by atoms with Crippen molar-refractivity contribution in [1.82, 2.24) is 10.2 Å². The van der Waals surface area contributed by atoms with Crippen LogP contribution in [0.3, 0.4) is 0 Å². The second-order valence-electron chi connectivity index (χ2n) is 5.21. The van der Waals surface area contributed by atoms with Crippen molar-refractivity contribution in [3.05, 3.63) is 35.4 Å². The van der Waals surface area contributed by atoms with E-state index in [4.69, 9.17) is 0 Å². The topological polar surface area (TPSA) is 52.6 Å². The van der Waals surface area contributed by atoms with Crippen LogP contribution in [0.25, 0.3) is 0 Å². The third-order valence-electron chi connectivity index (χ3n) is 3.40. The first-order valence-corrected chi connectivity index (χ1v) is 6.62. The smallest absolute Gasteiger partial charge is 0.328 e. The molecular formula is C15H24N2O2. The summed E-state index contributed by atoms with van der Waals surface area (Å²) >= 11 is 0. The minimum absolute atomic E-state index is 0.630. The van der Waals surface area contributed by atoms with Crippen LogP contribution in [0.15, 0.2) is 24.3 Å². The Hall–Kier alpha value is -1.39. The van der Waals surface area contributed by atoms with Gasteiger partial charge in [-0.1, -0.05) is 31.2 Å². The quantitative estimate of drug-likeness (QED) is 0.787. The molecule has 0 saturated heterocycles. The highest BCUT2D eigenvalue weighted by Gasteiger charge is 2.34. The molecule has 1 unspecified atom stereocenters. The maximum atomic E-state index is 11.6. The number of nitrogens with one attached hydrogen (secondary N) is 1.